The largest absolute Gasteiger partial charge is 0.465 e. The summed E-state index contributed by atoms with van der Waals surface area (Å²) >= 11 is 0. The van der Waals surface area contributed by atoms with Crippen LogP contribution in [0.1, 0.15) is 30.1 Å². The normalized spacial score (nSPS) is 11.7. The maximum absolute atomic E-state index is 11.7. The number of methoxy groups -OCH3 is 1. The number of hydrogen-bond acceptors (Lipinski definition) is 4. The number of rotatable bonds is 5. The number of nitrogens with two attached hydrogens (primary N) is 1. The molecule has 5 heteroatoms. The molecule has 0 aromatic heterocycles. The average molecular weight is 250 g/mol. The first kappa shape index (κ1) is 14.2. The summed E-state index contributed by atoms with van der Waals surface area (Å²) in [6, 6.07) is 6.02. The molecule has 0 spiro atoms. The van der Waals surface area contributed by atoms with Crippen molar-refractivity contribution in [1.29, 1.82) is 0 Å². The molecule has 1 atom stereocenters. The van der Waals surface area contributed by atoms with Crippen LogP contribution in [-0.2, 0) is 9.53 Å². The summed E-state index contributed by atoms with van der Waals surface area (Å²) in [4.78, 5) is 23.0. The van der Waals surface area contributed by atoms with Gasteiger partial charge in [0.2, 0.25) is 5.91 Å². The van der Waals surface area contributed by atoms with Gasteiger partial charge in [0.1, 0.15) is 0 Å². The second kappa shape index (κ2) is 6.76. The number of esters is 1. The number of benzene rings is 1. The summed E-state index contributed by atoms with van der Waals surface area (Å²) < 4.78 is 4.61. The first-order valence-corrected chi connectivity index (χ1v) is 5.83. The number of hydrogen-bond donors (Lipinski definition) is 2. The van der Waals surface area contributed by atoms with Crippen LogP contribution in [0.15, 0.2) is 24.3 Å². The SMILES string of the molecule is CCC[C@@H](N)C(=O)Nc1cccc(C(=O)OC)c1. The highest BCUT2D eigenvalue weighted by Crippen LogP contribution is 2.12. The van der Waals surface area contributed by atoms with Crippen LogP contribution >= 0.6 is 0 Å². The molecule has 0 radical (unpaired) electrons. The second-order valence-corrected chi connectivity index (χ2v) is 3.96. The van der Waals surface area contributed by atoms with Crippen molar-refractivity contribution in [2.24, 2.45) is 5.73 Å². The van der Waals surface area contributed by atoms with Gasteiger partial charge in [-0.25, -0.2) is 4.79 Å². The molecule has 0 bridgehead atoms. The molecular weight excluding hydrogens is 232 g/mol. The average Bonchev–Trinajstić information content (AvgIpc) is 2.38. The van der Waals surface area contributed by atoms with Crippen molar-refractivity contribution in [2.75, 3.05) is 12.4 Å². The summed E-state index contributed by atoms with van der Waals surface area (Å²) in [5, 5.41) is 2.67. The molecule has 0 aliphatic carbocycles. The molecule has 1 aromatic carbocycles. The predicted molar refractivity (Wildman–Crippen MR) is 69.3 cm³/mol. The minimum Gasteiger partial charge on any atom is -0.465 e. The Hall–Kier alpha value is -1.88. The Balaban J connectivity index is 2.73. The van der Waals surface area contributed by atoms with Gasteiger partial charge in [0.15, 0.2) is 0 Å². The summed E-state index contributed by atoms with van der Waals surface area (Å²) in [6.07, 6.45) is 1.47. The minimum atomic E-state index is -0.531. The van der Waals surface area contributed by atoms with E-state index in [0.29, 0.717) is 17.7 Å². The zero-order chi connectivity index (χ0) is 13.5. The Morgan fingerprint density at radius 2 is 2.17 bits per heavy atom. The molecule has 1 aromatic rings. The van der Waals surface area contributed by atoms with Crippen LogP contribution in [0.4, 0.5) is 5.69 Å². The van der Waals surface area contributed by atoms with Crippen molar-refractivity contribution in [3.05, 3.63) is 29.8 Å². The molecule has 0 aliphatic rings. The van der Waals surface area contributed by atoms with E-state index in [1.807, 2.05) is 6.92 Å². The van der Waals surface area contributed by atoms with Gasteiger partial charge in [0.05, 0.1) is 18.7 Å². The van der Waals surface area contributed by atoms with Gasteiger partial charge in [0, 0.05) is 5.69 Å². The highest BCUT2D eigenvalue weighted by molar-refractivity contribution is 5.96. The Kier molecular flexibility index (Phi) is 5.32. The minimum absolute atomic E-state index is 0.251. The number of amides is 1. The van der Waals surface area contributed by atoms with E-state index in [9.17, 15) is 9.59 Å². The Bertz CT molecular complexity index is 432. The number of ether oxygens (including phenoxy) is 1. The lowest BCUT2D eigenvalue weighted by molar-refractivity contribution is -0.117. The van der Waals surface area contributed by atoms with Crippen molar-refractivity contribution in [3.8, 4) is 0 Å². The van der Waals surface area contributed by atoms with E-state index < -0.39 is 12.0 Å². The van der Waals surface area contributed by atoms with Gasteiger partial charge in [-0.2, -0.15) is 0 Å². The van der Waals surface area contributed by atoms with Crippen molar-refractivity contribution in [2.45, 2.75) is 25.8 Å². The van der Waals surface area contributed by atoms with Gasteiger partial charge < -0.3 is 15.8 Å². The van der Waals surface area contributed by atoms with Crippen LogP contribution in [0.25, 0.3) is 0 Å². The molecule has 1 rings (SSSR count). The number of carbonyl (C=O) groups is 2. The van der Waals surface area contributed by atoms with E-state index in [1.165, 1.54) is 7.11 Å². The van der Waals surface area contributed by atoms with Gasteiger partial charge in [0.25, 0.3) is 0 Å². The van der Waals surface area contributed by atoms with E-state index in [4.69, 9.17) is 5.73 Å². The van der Waals surface area contributed by atoms with Gasteiger partial charge in [-0.15, -0.1) is 0 Å². The lowest BCUT2D eigenvalue weighted by Crippen LogP contribution is -2.35. The van der Waals surface area contributed by atoms with E-state index >= 15 is 0 Å². The Morgan fingerprint density at radius 3 is 2.78 bits per heavy atom. The van der Waals surface area contributed by atoms with Crippen molar-refractivity contribution in [3.63, 3.8) is 0 Å². The lowest BCUT2D eigenvalue weighted by Gasteiger charge is -2.11. The Morgan fingerprint density at radius 1 is 1.44 bits per heavy atom. The third-order valence-corrected chi connectivity index (χ3v) is 2.49. The molecule has 1 amide bonds. The molecule has 0 fully saturated rings. The molecule has 98 valence electrons. The topological polar surface area (TPSA) is 81.4 Å². The maximum Gasteiger partial charge on any atom is 0.337 e. The number of carbonyl (C=O) groups excluding carboxylic acids is 2. The van der Waals surface area contributed by atoms with Crippen LogP contribution in [0, 0.1) is 0 Å². The van der Waals surface area contributed by atoms with Crippen molar-refractivity contribution in [1.82, 2.24) is 0 Å². The molecule has 0 heterocycles. The fourth-order valence-corrected chi connectivity index (χ4v) is 1.52. The van der Waals surface area contributed by atoms with Crippen molar-refractivity contribution < 1.29 is 14.3 Å². The van der Waals surface area contributed by atoms with E-state index in [-0.39, 0.29) is 5.91 Å². The van der Waals surface area contributed by atoms with Crippen LogP contribution in [0.2, 0.25) is 0 Å². The standard InChI is InChI=1S/C13H18N2O3/c1-3-5-11(14)12(16)15-10-7-4-6-9(8-10)13(17)18-2/h4,6-8,11H,3,5,14H2,1-2H3,(H,15,16)/t11-/m1/s1. The number of nitrogens with one attached hydrogen (secondary N) is 1. The second-order valence-electron chi connectivity index (χ2n) is 3.96. The maximum atomic E-state index is 11.7. The molecule has 3 N–H and O–H groups in total. The zero-order valence-electron chi connectivity index (χ0n) is 10.6. The molecule has 18 heavy (non-hydrogen) atoms. The zero-order valence-corrected chi connectivity index (χ0v) is 10.6. The van der Waals surface area contributed by atoms with E-state index in [0.717, 1.165) is 6.42 Å². The quantitative estimate of drug-likeness (QED) is 0.777. The first-order valence-electron chi connectivity index (χ1n) is 5.83. The third kappa shape index (κ3) is 3.85. The van der Waals surface area contributed by atoms with Crippen LogP contribution < -0.4 is 11.1 Å². The van der Waals surface area contributed by atoms with Gasteiger partial charge in [-0.1, -0.05) is 19.4 Å². The smallest absolute Gasteiger partial charge is 0.337 e. The number of anilines is 1. The highest BCUT2D eigenvalue weighted by atomic mass is 16.5. The summed E-state index contributed by atoms with van der Waals surface area (Å²) in [5.74, 6) is -0.692. The van der Waals surface area contributed by atoms with Crippen LogP contribution in [0.5, 0.6) is 0 Å². The van der Waals surface area contributed by atoms with Crippen LogP contribution in [0.3, 0.4) is 0 Å². The Labute approximate surface area is 106 Å². The molecule has 0 saturated heterocycles. The third-order valence-electron chi connectivity index (χ3n) is 2.49. The van der Waals surface area contributed by atoms with Gasteiger partial charge in [-0.05, 0) is 24.6 Å². The predicted octanol–water partition coefficient (Wildman–Crippen LogP) is 1.54. The summed E-state index contributed by atoms with van der Waals surface area (Å²) in [5.41, 5.74) is 6.62. The van der Waals surface area contributed by atoms with E-state index in [1.54, 1.807) is 24.3 Å². The lowest BCUT2D eigenvalue weighted by atomic mass is 10.1. The monoisotopic (exact) mass is 250 g/mol. The molecule has 5 nitrogen and oxygen atoms in total. The molecule has 0 aliphatic heterocycles. The molecule has 0 unspecified atom stereocenters. The fraction of sp³-hybridized carbons (Fsp3) is 0.385. The van der Waals surface area contributed by atoms with Crippen LogP contribution in [-0.4, -0.2) is 25.0 Å². The molecule has 0 saturated carbocycles. The summed E-state index contributed by atoms with van der Waals surface area (Å²) in [6.45, 7) is 1.96. The van der Waals surface area contributed by atoms with Crippen molar-refractivity contribution >= 4 is 17.6 Å². The first-order chi connectivity index (χ1) is 8.58. The highest BCUT2D eigenvalue weighted by Gasteiger charge is 2.13. The van der Waals surface area contributed by atoms with E-state index in [2.05, 4.69) is 10.1 Å². The van der Waals surface area contributed by atoms with Gasteiger partial charge >= 0.3 is 5.97 Å². The molecular formula is C13H18N2O3. The van der Waals surface area contributed by atoms with Gasteiger partial charge in [-0.3, -0.25) is 4.79 Å². The summed E-state index contributed by atoms with van der Waals surface area (Å²) in [7, 11) is 1.31. The fourth-order valence-electron chi connectivity index (χ4n) is 1.52.